The van der Waals surface area contributed by atoms with Crippen molar-refractivity contribution in [3.8, 4) is 0 Å². The maximum Gasteiger partial charge on any atom is 0.252 e. The summed E-state index contributed by atoms with van der Waals surface area (Å²) in [5.74, 6) is -0.488. The lowest BCUT2D eigenvalue weighted by molar-refractivity contribution is 0.100. The summed E-state index contributed by atoms with van der Waals surface area (Å²) < 4.78 is 0. The van der Waals surface area contributed by atoms with Crippen LogP contribution in [0.1, 0.15) is 28.0 Å². The molecule has 0 fully saturated rings. The molecule has 0 aliphatic rings. The Hall–Kier alpha value is -1.95. The standard InChI is InChI=1S/C12H14N4OS/c1-2-11-16-8(7-18-11)5-15-10-3-4-14-6-9(10)12(13)17/h3-4,6-7H,2,5H2,1H3,(H2,13,17)(H,14,15). The maximum atomic E-state index is 11.2. The first-order valence-electron chi connectivity index (χ1n) is 5.61. The Morgan fingerprint density at radius 2 is 2.39 bits per heavy atom. The summed E-state index contributed by atoms with van der Waals surface area (Å²) in [6, 6.07) is 1.73. The molecule has 0 spiro atoms. The molecule has 0 saturated carbocycles. The molecule has 2 heterocycles. The molecule has 5 nitrogen and oxygen atoms in total. The summed E-state index contributed by atoms with van der Waals surface area (Å²) in [5.41, 5.74) is 7.31. The number of aromatic nitrogens is 2. The molecule has 94 valence electrons. The fourth-order valence-corrected chi connectivity index (χ4v) is 2.27. The zero-order valence-electron chi connectivity index (χ0n) is 10.0. The minimum atomic E-state index is -0.488. The van der Waals surface area contributed by atoms with Crippen LogP contribution in [0.3, 0.4) is 0 Å². The molecule has 1 amide bonds. The van der Waals surface area contributed by atoms with Gasteiger partial charge in [-0.2, -0.15) is 0 Å². The topological polar surface area (TPSA) is 80.9 Å². The first-order valence-corrected chi connectivity index (χ1v) is 6.49. The smallest absolute Gasteiger partial charge is 0.252 e. The quantitative estimate of drug-likeness (QED) is 0.861. The van der Waals surface area contributed by atoms with Crippen molar-refractivity contribution in [2.24, 2.45) is 5.73 Å². The molecule has 2 aromatic rings. The van der Waals surface area contributed by atoms with E-state index in [2.05, 4.69) is 22.2 Å². The van der Waals surface area contributed by atoms with Crippen molar-refractivity contribution in [1.29, 1.82) is 0 Å². The van der Waals surface area contributed by atoms with Gasteiger partial charge in [0, 0.05) is 17.8 Å². The summed E-state index contributed by atoms with van der Waals surface area (Å²) >= 11 is 1.64. The van der Waals surface area contributed by atoms with E-state index in [-0.39, 0.29) is 0 Å². The van der Waals surface area contributed by atoms with E-state index in [4.69, 9.17) is 5.73 Å². The molecule has 0 aliphatic carbocycles. The van der Waals surface area contributed by atoms with Gasteiger partial charge in [-0.1, -0.05) is 6.92 Å². The van der Waals surface area contributed by atoms with E-state index >= 15 is 0 Å². The molecule has 18 heavy (non-hydrogen) atoms. The molecule has 0 bridgehead atoms. The highest BCUT2D eigenvalue weighted by Gasteiger charge is 2.08. The second-order valence-corrected chi connectivity index (χ2v) is 4.67. The number of nitrogens with one attached hydrogen (secondary N) is 1. The minimum absolute atomic E-state index is 0.392. The van der Waals surface area contributed by atoms with E-state index in [0.29, 0.717) is 17.8 Å². The Kier molecular flexibility index (Phi) is 3.88. The van der Waals surface area contributed by atoms with Crippen molar-refractivity contribution >= 4 is 22.9 Å². The Labute approximate surface area is 109 Å². The van der Waals surface area contributed by atoms with Crippen LogP contribution >= 0.6 is 11.3 Å². The number of pyridine rings is 1. The molecule has 2 aromatic heterocycles. The first kappa shape index (κ1) is 12.5. The highest BCUT2D eigenvalue weighted by molar-refractivity contribution is 7.09. The molecule has 0 radical (unpaired) electrons. The van der Waals surface area contributed by atoms with Gasteiger partial charge in [0.25, 0.3) is 5.91 Å². The number of carbonyl (C=O) groups is 1. The fourth-order valence-electron chi connectivity index (χ4n) is 1.52. The molecular formula is C12H14N4OS. The number of primary amides is 1. The lowest BCUT2D eigenvalue weighted by atomic mass is 10.2. The first-order chi connectivity index (χ1) is 8.70. The molecule has 3 N–H and O–H groups in total. The molecule has 0 aliphatic heterocycles. The van der Waals surface area contributed by atoms with E-state index in [1.54, 1.807) is 23.6 Å². The van der Waals surface area contributed by atoms with Gasteiger partial charge >= 0.3 is 0 Å². The summed E-state index contributed by atoms with van der Waals surface area (Å²) in [6.07, 6.45) is 4.02. The molecule has 0 atom stereocenters. The third-order valence-electron chi connectivity index (χ3n) is 2.45. The van der Waals surface area contributed by atoms with Gasteiger partial charge in [0.15, 0.2) is 0 Å². The Morgan fingerprint density at radius 1 is 1.56 bits per heavy atom. The second-order valence-electron chi connectivity index (χ2n) is 3.73. The van der Waals surface area contributed by atoms with Gasteiger partial charge in [-0.15, -0.1) is 11.3 Å². The highest BCUT2D eigenvalue weighted by Crippen LogP contribution is 2.15. The number of nitrogens with zero attached hydrogens (tertiary/aromatic N) is 2. The predicted molar refractivity (Wildman–Crippen MR) is 71.6 cm³/mol. The van der Waals surface area contributed by atoms with Crippen molar-refractivity contribution in [1.82, 2.24) is 9.97 Å². The summed E-state index contributed by atoms with van der Waals surface area (Å²) in [7, 11) is 0. The predicted octanol–water partition coefficient (Wildman–Crippen LogP) is 1.81. The van der Waals surface area contributed by atoms with Crippen LogP contribution in [0.5, 0.6) is 0 Å². The molecule has 2 rings (SSSR count). The van der Waals surface area contributed by atoms with Crippen LogP contribution in [-0.4, -0.2) is 15.9 Å². The molecule has 0 unspecified atom stereocenters. The zero-order chi connectivity index (χ0) is 13.0. The van der Waals surface area contributed by atoms with Crippen molar-refractivity contribution in [2.45, 2.75) is 19.9 Å². The number of amides is 1. The van der Waals surface area contributed by atoms with Crippen LogP contribution in [0.25, 0.3) is 0 Å². The van der Waals surface area contributed by atoms with Crippen molar-refractivity contribution < 1.29 is 4.79 Å². The molecule has 6 heteroatoms. The van der Waals surface area contributed by atoms with Gasteiger partial charge in [0.05, 0.1) is 28.5 Å². The maximum absolute atomic E-state index is 11.2. The number of aryl methyl sites for hydroxylation is 1. The van der Waals surface area contributed by atoms with Gasteiger partial charge in [-0.25, -0.2) is 4.98 Å². The van der Waals surface area contributed by atoms with E-state index in [0.717, 1.165) is 17.1 Å². The summed E-state index contributed by atoms with van der Waals surface area (Å²) in [5, 5.41) is 6.27. The number of hydrogen-bond donors (Lipinski definition) is 2. The monoisotopic (exact) mass is 262 g/mol. The number of rotatable bonds is 5. The fraction of sp³-hybridized carbons (Fsp3) is 0.250. The van der Waals surface area contributed by atoms with Crippen molar-refractivity contribution in [3.05, 3.63) is 40.1 Å². The van der Waals surface area contributed by atoms with Gasteiger partial charge < -0.3 is 11.1 Å². The van der Waals surface area contributed by atoms with E-state index in [1.807, 2.05) is 5.38 Å². The van der Waals surface area contributed by atoms with E-state index < -0.39 is 5.91 Å². The SMILES string of the molecule is CCc1nc(CNc2ccncc2C(N)=O)cs1. The van der Waals surface area contributed by atoms with Crippen LogP contribution < -0.4 is 11.1 Å². The van der Waals surface area contributed by atoms with E-state index in [1.165, 1.54) is 6.20 Å². The van der Waals surface area contributed by atoms with Gasteiger partial charge in [0.2, 0.25) is 0 Å². The lowest BCUT2D eigenvalue weighted by Gasteiger charge is -2.07. The van der Waals surface area contributed by atoms with Crippen LogP contribution in [0.2, 0.25) is 0 Å². The Morgan fingerprint density at radius 3 is 3.06 bits per heavy atom. The number of anilines is 1. The van der Waals surface area contributed by atoms with Gasteiger partial charge in [0.1, 0.15) is 0 Å². The van der Waals surface area contributed by atoms with Gasteiger partial charge in [-0.05, 0) is 12.5 Å². The van der Waals surface area contributed by atoms with Crippen molar-refractivity contribution in [3.63, 3.8) is 0 Å². The largest absolute Gasteiger partial charge is 0.379 e. The molecule has 0 saturated heterocycles. The van der Waals surface area contributed by atoms with Crippen LogP contribution in [0.15, 0.2) is 23.8 Å². The number of carbonyl (C=O) groups excluding carboxylic acids is 1. The Bertz CT molecular complexity index is 553. The second kappa shape index (κ2) is 5.59. The Balaban J connectivity index is 2.08. The molecular weight excluding hydrogens is 248 g/mol. The summed E-state index contributed by atoms with van der Waals surface area (Å²) in [6.45, 7) is 2.64. The number of nitrogens with two attached hydrogens (primary N) is 1. The van der Waals surface area contributed by atoms with Gasteiger partial charge in [-0.3, -0.25) is 9.78 Å². The van der Waals surface area contributed by atoms with Crippen molar-refractivity contribution in [2.75, 3.05) is 5.32 Å². The minimum Gasteiger partial charge on any atom is -0.379 e. The number of thiazole rings is 1. The third-order valence-corrected chi connectivity index (χ3v) is 3.49. The van der Waals surface area contributed by atoms with Crippen LogP contribution in [0, 0.1) is 0 Å². The lowest BCUT2D eigenvalue weighted by Crippen LogP contribution is -2.14. The molecule has 0 aromatic carbocycles. The average molecular weight is 262 g/mol. The highest BCUT2D eigenvalue weighted by atomic mass is 32.1. The van der Waals surface area contributed by atoms with E-state index in [9.17, 15) is 4.79 Å². The summed E-state index contributed by atoms with van der Waals surface area (Å²) in [4.78, 5) is 19.5. The van der Waals surface area contributed by atoms with Crippen LogP contribution in [-0.2, 0) is 13.0 Å². The normalized spacial score (nSPS) is 10.3. The van der Waals surface area contributed by atoms with Crippen LogP contribution in [0.4, 0.5) is 5.69 Å². The average Bonchev–Trinajstić information content (AvgIpc) is 2.84. The zero-order valence-corrected chi connectivity index (χ0v) is 10.8. The third kappa shape index (κ3) is 2.84. The number of hydrogen-bond acceptors (Lipinski definition) is 5.